The third kappa shape index (κ3) is 6.63. The summed E-state index contributed by atoms with van der Waals surface area (Å²) in [6.07, 6.45) is 4.74. The minimum atomic E-state index is -0.586. The number of hydrogen-bond donors (Lipinski definition) is 1. The van der Waals surface area contributed by atoms with Crippen LogP contribution in [-0.2, 0) is 16.1 Å². The van der Waals surface area contributed by atoms with Crippen molar-refractivity contribution in [3.05, 3.63) is 59.1 Å². The monoisotopic (exact) mass is 458 g/mol. The average molecular weight is 459 g/mol. The second-order valence-electron chi connectivity index (χ2n) is 8.03. The standard InChI is InChI=1S/C25H31ClN2O4/c1-3-23(25(30)27-20-10-4-5-11-20)28(16-18-8-6-12-21(14-18)31-2)24(29)17-32-22-13-7-9-19(26)15-22/h6-9,12-15,20,23H,3-5,10-11,16-17H2,1-2H3,(H,27,30). The molecule has 0 bridgehead atoms. The van der Waals surface area contributed by atoms with Crippen molar-refractivity contribution in [2.24, 2.45) is 0 Å². The van der Waals surface area contributed by atoms with Crippen LogP contribution in [0.5, 0.6) is 11.5 Å². The Hall–Kier alpha value is -2.73. The van der Waals surface area contributed by atoms with Gasteiger partial charge >= 0.3 is 0 Å². The summed E-state index contributed by atoms with van der Waals surface area (Å²) in [6.45, 7) is 2.02. The van der Waals surface area contributed by atoms with E-state index in [0.717, 1.165) is 31.2 Å². The molecular formula is C25H31ClN2O4. The minimum Gasteiger partial charge on any atom is -0.497 e. The van der Waals surface area contributed by atoms with Crippen LogP contribution in [0.1, 0.15) is 44.6 Å². The Labute approximate surface area is 194 Å². The molecule has 6 nitrogen and oxygen atoms in total. The molecule has 2 aromatic rings. The molecule has 32 heavy (non-hydrogen) atoms. The van der Waals surface area contributed by atoms with Gasteiger partial charge in [-0.3, -0.25) is 9.59 Å². The van der Waals surface area contributed by atoms with Gasteiger partial charge in [0.05, 0.1) is 7.11 Å². The third-order valence-electron chi connectivity index (χ3n) is 5.73. The van der Waals surface area contributed by atoms with E-state index in [-0.39, 0.29) is 31.0 Å². The van der Waals surface area contributed by atoms with Gasteiger partial charge in [-0.25, -0.2) is 0 Å². The van der Waals surface area contributed by atoms with Crippen LogP contribution in [0.15, 0.2) is 48.5 Å². The van der Waals surface area contributed by atoms with E-state index in [0.29, 0.717) is 22.9 Å². The zero-order chi connectivity index (χ0) is 22.9. The van der Waals surface area contributed by atoms with Crippen molar-refractivity contribution in [2.45, 2.75) is 57.7 Å². The van der Waals surface area contributed by atoms with Crippen molar-refractivity contribution in [3.8, 4) is 11.5 Å². The molecule has 2 amide bonds. The number of hydrogen-bond acceptors (Lipinski definition) is 4. The first-order valence-corrected chi connectivity index (χ1v) is 11.5. The van der Waals surface area contributed by atoms with Gasteiger partial charge in [0.2, 0.25) is 5.91 Å². The largest absolute Gasteiger partial charge is 0.497 e. The molecule has 0 radical (unpaired) electrons. The van der Waals surface area contributed by atoms with Crippen LogP contribution in [0.25, 0.3) is 0 Å². The van der Waals surface area contributed by atoms with Crippen LogP contribution in [0, 0.1) is 0 Å². The molecule has 0 aromatic heterocycles. The third-order valence-corrected chi connectivity index (χ3v) is 5.97. The van der Waals surface area contributed by atoms with Crippen LogP contribution in [-0.4, -0.2) is 42.5 Å². The highest BCUT2D eigenvalue weighted by atomic mass is 35.5. The molecule has 3 rings (SSSR count). The molecule has 0 saturated heterocycles. The number of halogens is 1. The SMILES string of the molecule is CCC(C(=O)NC1CCCC1)N(Cc1cccc(OC)c1)C(=O)COc1cccc(Cl)c1. The molecule has 7 heteroatoms. The molecule has 1 fully saturated rings. The van der Waals surface area contributed by atoms with Crippen LogP contribution in [0.4, 0.5) is 0 Å². The Morgan fingerprint density at radius 1 is 1.12 bits per heavy atom. The van der Waals surface area contributed by atoms with Gasteiger partial charge in [-0.1, -0.05) is 49.6 Å². The number of amides is 2. The van der Waals surface area contributed by atoms with Crippen molar-refractivity contribution < 1.29 is 19.1 Å². The maximum absolute atomic E-state index is 13.3. The quantitative estimate of drug-likeness (QED) is 0.565. The van der Waals surface area contributed by atoms with Gasteiger partial charge in [-0.15, -0.1) is 0 Å². The summed E-state index contributed by atoms with van der Waals surface area (Å²) in [7, 11) is 1.60. The molecule has 1 atom stereocenters. The lowest BCUT2D eigenvalue weighted by molar-refractivity contribution is -0.143. The molecule has 0 heterocycles. The fraction of sp³-hybridized carbons (Fsp3) is 0.440. The lowest BCUT2D eigenvalue weighted by atomic mass is 10.1. The molecule has 172 valence electrons. The Kier molecular flexibility index (Phi) is 8.80. The summed E-state index contributed by atoms with van der Waals surface area (Å²) in [4.78, 5) is 28.0. The van der Waals surface area contributed by atoms with E-state index in [9.17, 15) is 9.59 Å². The summed E-state index contributed by atoms with van der Waals surface area (Å²) in [5, 5.41) is 3.67. The predicted octanol–water partition coefficient (Wildman–Crippen LogP) is 4.59. The molecule has 2 aromatic carbocycles. The van der Waals surface area contributed by atoms with E-state index in [2.05, 4.69) is 5.32 Å². The number of nitrogens with one attached hydrogen (secondary N) is 1. The number of methoxy groups -OCH3 is 1. The normalized spacial score (nSPS) is 14.6. The minimum absolute atomic E-state index is 0.113. The summed E-state index contributed by atoms with van der Waals surface area (Å²) < 4.78 is 11.0. The van der Waals surface area contributed by atoms with Crippen molar-refractivity contribution in [3.63, 3.8) is 0 Å². The Balaban J connectivity index is 1.77. The van der Waals surface area contributed by atoms with Gasteiger partial charge < -0.3 is 19.7 Å². The van der Waals surface area contributed by atoms with E-state index < -0.39 is 6.04 Å². The van der Waals surface area contributed by atoms with Crippen LogP contribution >= 0.6 is 11.6 Å². The molecule has 0 spiro atoms. The number of ether oxygens (including phenoxy) is 2. The second-order valence-corrected chi connectivity index (χ2v) is 8.47. The van der Waals surface area contributed by atoms with Crippen LogP contribution in [0.3, 0.4) is 0 Å². The molecule has 1 aliphatic rings. The molecule has 1 saturated carbocycles. The zero-order valence-electron chi connectivity index (χ0n) is 18.7. The summed E-state index contributed by atoms with van der Waals surface area (Å²) in [5.41, 5.74) is 0.882. The molecular weight excluding hydrogens is 428 g/mol. The van der Waals surface area contributed by atoms with E-state index in [1.54, 1.807) is 36.3 Å². The Bertz CT molecular complexity index is 914. The Morgan fingerprint density at radius 2 is 1.84 bits per heavy atom. The first kappa shape index (κ1) is 23.9. The van der Waals surface area contributed by atoms with E-state index in [1.807, 2.05) is 31.2 Å². The second kappa shape index (κ2) is 11.8. The van der Waals surface area contributed by atoms with Gasteiger partial charge in [0.1, 0.15) is 17.5 Å². The highest BCUT2D eigenvalue weighted by Gasteiger charge is 2.31. The van der Waals surface area contributed by atoms with E-state index >= 15 is 0 Å². The summed E-state index contributed by atoms with van der Waals surface area (Å²) in [6, 6.07) is 14.0. The van der Waals surface area contributed by atoms with Gasteiger partial charge in [0, 0.05) is 17.6 Å². The maximum Gasteiger partial charge on any atom is 0.261 e. The lowest BCUT2D eigenvalue weighted by Gasteiger charge is -2.31. The number of benzene rings is 2. The molecule has 0 aliphatic heterocycles. The maximum atomic E-state index is 13.3. The van der Waals surface area contributed by atoms with E-state index in [1.165, 1.54) is 0 Å². The summed E-state index contributed by atoms with van der Waals surface area (Å²) in [5.74, 6) is 0.837. The van der Waals surface area contributed by atoms with Crippen molar-refractivity contribution in [2.75, 3.05) is 13.7 Å². The number of carbonyl (C=O) groups is 2. The molecule has 1 N–H and O–H groups in total. The molecule has 1 unspecified atom stereocenters. The van der Waals surface area contributed by atoms with Crippen LogP contribution in [0.2, 0.25) is 5.02 Å². The smallest absolute Gasteiger partial charge is 0.261 e. The number of carbonyl (C=O) groups excluding carboxylic acids is 2. The first-order chi connectivity index (χ1) is 15.5. The predicted molar refractivity (Wildman–Crippen MR) is 125 cm³/mol. The lowest BCUT2D eigenvalue weighted by Crippen LogP contribution is -2.52. The van der Waals surface area contributed by atoms with Crippen molar-refractivity contribution >= 4 is 23.4 Å². The van der Waals surface area contributed by atoms with Crippen molar-refractivity contribution in [1.29, 1.82) is 0 Å². The van der Waals surface area contributed by atoms with Gasteiger partial charge in [-0.05, 0) is 55.2 Å². The van der Waals surface area contributed by atoms with Gasteiger partial charge in [0.25, 0.3) is 5.91 Å². The highest BCUT2D eigenvalue weighted by Crippen LogP contribution is 2.21. The fourth-order valence-corrected chi connectivity index (χ4v) is 4.22. The molecule has 1 aliphatic carbocycles. The average Bonchev–Trinajstić information content (AvgIpc) is 3.30. The van der Waals surface area contributed by atoms with Crippen molar-refractivity contribution in [1.82, 2.24) is 10.2 Å². The first-order valence-electron chi connectivity index (χ1n) is 11.1. The number of nitrogens with zero attached hydrogens (tertiary/aromatic N) is 1. The van der Waals surface area contributed by atoms with Gasteiger partial charge in [0.15, 0.2) is 6.61 Å². The number of rotatable bonds is 10. The fourth-order valence-electron chi connectivity index (χ4n) is 4.04. The Morgan fingerprint density at radius 3 is 2.53 bits per heavy atom. The summed E-state index contributed by atoms with van der Waals surface area (Å²) >= 11 is 6.01. The topological polar surface area (TPSA) is 67.9 Å². The van der Waals surface area contributed by atoms with Gasteiger partial charge in [-0.2, -0.15) is 0 Å². The van der Waals surface area contributed by atoms with Crippen LogP contribution < -0.4 is 14.8 Å². The van der Waals surface area contributed by atoms with E-state index in [4.69, 9.17) is 21.1 Å². The highest BCUT2D eigenvalue weighted by molar-refractivity contribution is 6.30. The zero-order valence-corrected chi connectivity index (χ0v) is 19.4.